The molecule has 1 aliphatic heterocycles. The molecule has 1 atom stereocenters. The van der Waals surface area contributed by atoms with Gasteiger partial charge in [0.05, 0.1) is 19.1 Å². The SMILES string of the molecule is [CH2]C(CCCCCCN1CCOCC1)C(=O)OC(C)(C)C. The molecular formula is C17H32NO3. The van der Waals surface area contributed by atoms with Crippen LogP contribution in [-0.4, -0.2) is 49.3 Å². The zero-order valence-corrected chi connectivity index (χ0v) is 14.0. The van der Waals surface area contributed by atoms with Crippen LogP contribution in [0.4, 0.5) is 0 Å². The van der Waals surface area contributed by atoms with Gasteiger partial charge >= 0.3 is 5.97 Å². The van der Waals surface area contributed by atoms with E-state index in [1.54, 1.807) is 0 Å². The maximum absolute atomic E-state index is 11.8. The molecule has 0 amide bonds. The van der Waals surface area contributed by atoms with Gasteiger partial charge in [0.2, 0.25) is 0 Å². The highest BCUT2D eigenvalue weighted by Crippen LogP contribution is 2.16. The van der Waals surface area contributed by atoms with Crippen molar-refractivity contribution >= 4 is 5.97 Å². The zero-order chi connectivity index (χ0) is 15.7. The summed E-state index contributed by atoms with van der Waals surface area (Å²) in [6.45, 7) is 14.6. The fourth-order valence-corrected chi connectivity index (χ4v) is 2.41. The van der Waals surface area contributed by atoms with Gasteiger partial charge in [0.15, 0.2) is 0 Å². The Labute approximate surface area is 130 Å². The van der Waals surface area contributed by atoms with Crippen LogP contribution in [0.25, 0.3) is 0 Å². The van der Waals surface area contributed by atoms with Crippen LogP contribution < -0.4 is 0 Å². The molecule has 4 heteroatoms. The Bertz CT molecular complexity index is 293. The van der Waals surface area contributed by atoms with Crippen molar-refractivity contribution in [2.24, 2.45) is 5.92 Å². The lowest BCUT2D eigenvalue weighted by Gasteiger charge is -2.26. The largest absolute Gasteiger partial charge is 0.460 e. The lowest BCUT2D eigenvalue weighted by Crippen LogP contribution is -2.36. The summed E-state index contributed by atoms with van der Waals surface area (Å²) in [4.78, 5) is 14.2. The van der Waals surface area contributed by atoms with Crippen LogP contribution in [0.2, 0.25) is 0 Å². The predicted molar refractivity (Wildman–Crippen MR) is 85.0 cm³/mol. The maximum atomic E-state index is 11.8. The summed E-state index contributed by atoms with van der Waals surface area (Å²) in [5.74, 6) is -0.403. The first-order valence-corrected chi connectivity index (χ1v) is 8.24. The molecule has 0 N–H and O–H groups in total. The molecule has 0 bridgehead atoms. The molecule has 1 rings (SSSR count). The number of esters is 1. The quantitative estimate of drug-likeness (QED) is 0.510. The van der Waals surface area contributed by atoms with Crippen LogP contribution >= 0.6 is 0 Å². The summed E-state index contributed by atoms with van der Waals surface area (Å²) in [6, 6.07) is 0. The molecular weight excluding hydrogens is 266 g/mol. The van der Waals surface area contributed by atoms with Crippen molar-refractivity contribution in [2.75, 3.05) is 32.8 Å². The first-order valence-electron chi connectivity index (χ1n) is 8.24. The minimum absolute atomic E-state index is 0.171. The smallest absolute Gasteiger partial charge is 0.309 e. The van der Waals surface area contributed by atoms with Crippen molar-refractivity contribution in [3.63, 3.8) is 0 Å². The molecule has 0 spiro atoms. The predicted octanol–water partition coefficient (Wildman–Crippen LogP) is 3.06. The highest BCUT2D eigenvalue weighted by Gasteiger charge is 2.21. The number of ether oxygens (including phenoxy) is 2. The van der Waals surface area contributed by atoms with Crippen molar-refractivity contribution in [3.8, 4) is 0 Å². The molecule has 0 aromatic rings. The van der Waals surface area contributed by atoms with Gasteiger partial charge < -0.3 is 9.47 Å². The molecule has 1 heterocycles. The normalized spacial score (nSPS) is 18.5. The maximum Gasteiger partial charge on any atom is 0.309 e. The van der Waals surface area contributed by atoms with Gasteiger partial charge in [0.25, 0.3) is 0 Å². The van der Waals surface area contributed by atoms with Crippen molar-refractivity contribution < 1.29 is 14.3 Å². The Hall–Kier alpha value is -0.610. The number of rotatable bonds is 8. The molecule has 0 saturated carbocycles. The van der Waals surface area contributed by atoms with Crippen LogP contribution in [0.3, 0.4) is 0 Å². The van der Waals surface area contributed by atoms with E-state index in [9.17, 15) is 4.79 Å². The third kappa shape index (κ3) is 9.10. The van der Waals surface area contributed by atoms with Gasteiger partial charge in [0, 0.05) is 13.1 Å². The molecule has 1 fully saturated rings. The van der Waals surface area contributed by atoms with E-state index in [1.807, 2.05) is 20.8 Å². The van der Waals surface area contributed by atoms with Gasteiger partial charge in [-0.25, -0.2) is 0 Å². The zero-order valence-electron chi connectivity index (χ0n) is 14.0. The second-order valence-corrected chi connectivity index (χ2v) is 6.89. The topological polar surface area (TPSA) is 38.8 Å². The number of nitrogens with zero attached hydrogens (tertiary/aromatic N) is 1. The molecule has 123 valence electrons. The average molecular weight is 298 g/mol. The number of carbonyl (C=O) groups excluding carboxylic acids is 1. The Kier molecular flexibility index (Phi) is 8.27. The first kappa shape index (κ1) is 18.4. The Morgan fingerprint density at radius 2 is 1.81 bits per heavy atom. The van der Waals surface area contributed by atoms with Crippen LogP contribution in [0.5, 0.6) is 0 Å². The first-order chi connectivity index (χ1) is 9.88. The standard InChI is InChI=1S/C17H32NO3/c1-15(16(19)21-17(2,3)4)9-7-5-6-8-10-18-11-13-20-14-12-18/h15H,1,5-14H2,2-4H3. The second kappa shape index (κ2) is 9.42. The average Bonchev–Trinajstić information content (AvgIpc) is 2.41. The minimum atomic E-state index is -0.412. The third-order valence-electron chi connectivity index (χ3n) is 3.62. The Balaban J connectivity index is 1.99. The highest BCUT2D eigenvalue weighted by molar-refractivity contribution is 5.73. The van der Waals surface area contributed by atoms with E-state index >= 15 is 0 Å². The Morgan fingerprint density at radius 1 is 1.19 bits per heavy atom. The summed E-state index contributed by atoms with van der Waals surface area (Å²) in [7, 11) is 0. The molecule has 1 radical (unpaired) electrons. The number of hydrogen-bond acceptors (Lipinski definition) is 4. The molecule has 0 aromatic heterocycles. The van der Waals surface area contributed by atoms with Gasteiger partial charge in [-0.05, 0) is 47.1 Å². The third-order valence-corrected chi connectivity index (χ3v) is 3.62. The van der Waals surface area contributed by atoms with E-state index in [1.165, 1.54) is 25.8 Å². The Morgan fingerprint density at radius 3 is 2.43 bits per heavy atom. The fraction of sp³-hybridized carbons (Fsp3) is 0.882. The summed E-state index contributed by atoms with van der Waals surface area (Å²) in [5, 5.41) is 0. The number of unbranched alkanes of at least 4 members (excludes halogenated alkanes) is 3. The number of hydrogen-bond donors (Lipinski definition) is 0. The van der Waals surface area contributed by atoms with Crippen molar-refractivity contribution in [1.29, 1.82) is 0 Å². The minimum Gasteiger partial charge on any atom is -0.460 e. The summed E-state index contributed by atoms with van der Waals surface area (Å²) >= 11 is 0. The lowest BCUT2D eigenvalue weighted by molar-refractivity contribution is -0.158. The van der Waals surface area contributed by atoms with Gasteiger partial charge in [-0.1, -0.05) is 19.3 Å². The van der Waals surface area contributed by atoms with Gasteiger partial charge in [0.1, 0.15) is 5.60 Å². The fourth-order valence-electron chi connectivity index (χ4n) is 2.41. The summed E-state index contributed by atoms with van der Waals surface area (Å²) in [6.07, 6.45) is 5.49. The molecule has 0 aliphatic carbocycles. The van der Waals surface area contributed by atoms with Crippen LogP contribution in [-0.2, 0) is 14.3 Å². The van der Waals surface area contributed by atoms with Crippen LogP contribution in [0, 0.1) is 12.8 Å². The van der Waals surface area contributed by atoms with Gasteiger partial charge in [-0.2, -0.15) is 0 Å². The van der Waals surface area contributed by atoms with Crippen LogP contribution in [0.1, 0.15) is 52.9 Å². The van der Waals surface area contributed by atoms with Crippen molar-refractivity contribution in [2.45, 2.75) is 58.5 Å². The van der Waals surface area contributed by atoms with E-state index in [4.69, 9.17) is 9.47 Å². The van der Waals surface area contributed by atoms with E-state index < -0.39 is 5.60 Å². The number of carbonyl (C=O) groups is 1. The van der Waals surface area contributed by atoms with E-state index in [0.29, 0.717) is 0 Å². The van der Waals surface area contributed by atoms with Crippen LogP contribution in [0.15, 0.2) is 0 Å². The summed E-state index contributed by atoms with van der Waals surface area (Å²) in [5.41, 5.74) is -0.412. The van der Waals surface area contributed by atoms with Gasteiger partial charge in [-0.3, -0.25) is 9.69 Å². The van der Waals surface area contributed by atoms with E-state index in [0.717, 1.165) is 39.1 Å². The molecule has 1 unspecified atom stereocenters. The monoisotopic (exact) mass is 298 g/mol. The summed E-state index contributed by atoms with van der Waals surface area (Å²) < 4.78 is 10.7. The molecule has 1 aliphatic rings. The molecule has 4 nitrogen and oxygen atoms in total. The molecule has 21 heavy (non-hydrogen) atoms. The lowest BCUT2D eigenvalue weighted by atomic mass is 10.0. The molecule has 0 aromatic carbocycles. The van der Waals surface area contributed by atoms with Crippen molar-refractivity contribution in [1.82, 2.24) is 4.90 Å². The van der Waals surface area contributed by atoms with Gasteiger partial charge in [-0.15, -0.1) is 0 Å². The highest BCUT2D eigenvalue weighted by atomic mass is 16.6. The van der Waals surface area contributed by atoms with E-state index in [2.05, 4.69) is 11.8 Å². The van der Waals surface area contributed by atoms with E-state index in [-0.39, 0.29) is 11.9 Å². The second-order valence-electron chi connectivity index (χ2n) is 6.89. The number of morpholine rings is 1. The van der Waals surface area contributed by atoms with Crippen molar-refractivity contribution in [3.05, 3.63) is 6.92 Å². The molecule has 1 saturated heterocycles.